The molecule has 0 saturated heterocycles. The molecule has 6 heteroatoms. The van der Waals surface area contributed by atoms with Crippen molar-refractivity contribution in [1.82, 2.24) is 9.97 Å². The Balaban J connectivity index is 2.35. The van der Waals surface area contributed by atoms with Gasteiger partial charge in [-0.1, -0.05) is 37.6 Å². The summed E-state index contributed by atoms with van der Waals surface area (Å²) < 4.78 is 0. The molecule has 0 atom stereocenters. The normalized spacial score (nSPS) is 10.7. The Morgan fingerprint density at radius 1 is 1.32 bits per heavy atom. The summed E-state index contributed by atoms with van der Waals surface area (Å²) in [5.41, 5.74) is 1.20. The highest BCUT2D eigenvalue weighted by molar-refractivity contribution is 6.30. The highest BCUT2D eigenvalue weighted by Gasteiger charge is 2.13. The molecule has 1 aromatic carbocycles. The van der Waals surface area contributed by atoms with Gasteiger partial charge in [0.1, 0.15) is 5.69 Å². The third-order valence-electron chi connectivity index (χ3n) is 3.12. The third-order valence-corrected chi connectivity index (χ3v) is 3.38. The number of aromatic carboxylic acids is 1. The number of carboxylic acid groups (broad SMARTS) is 1. The molecule has 2 N–H and O–H groups in total. The fourth-order valence-corrected chi connectivity index (χ4v) is 2.04. The lowest BCUT2D eigenvalue weighted by molar-refractivity contribution is 0.0690. The van der Waals surface area contributed by atoms with E-state index in [0.29, 0.717) is 22.5 Å². The second-order valence-electron chi connectivity index (χ2n) is 5.37. The first-order valence-electron chi connectivity index (χ1n) is 7.07. The molecule has 1 aromatic heterocycles. The van der Waals surface area contributed by atoms with Crippen molar-refractivity contribution in [2.45, 2.75) is 20.3 Å². The Morgan fingerprint density at radius 2 is 2.00 bits per heavy atom. The van der Waals surface area contributed by atoms with Gasteiger partial charge < -0.3 is 10.4 Å². The van der Waals surface area contributed by atoms with Crippen LogP contribution in [0.15, 0.2) is 30.5 Å². The summed E-state index contributed by atoms with van der Waals surface area (Å²) in [5.74, 6) is 0.0437. The topological polar surface area (TPSA) is 75.1 Å². The van der Waals surface area contributed by atoms with Crippen molar-refractivity contribution in [2.24, 2.45) is 5.92 Å². The van der Waals surface area contributed by atoms with Crippen LogP contribution in [-0.2, 0) is 0 Å². The number of rotatable bonds is 6. The zero-order valence-corrected chi connectivity index (χ0v) is 13.3. The molecule has 0 aliphatic rings. The highest BCUT2D eigenvalue weighted by Crippen LogP contribution is 2.26. The average molecular weight is 320 g/mol. The molecule has 0 aliphatic carbocycles. The second-order valence-corrected chi connectivity index (χ2v) is 5.81. The van der Waals surface area contributed by atoms with Crippen molar-refractivity contribution in [2.75, 3.05) is 11.9 Å². The number of hydrogen-bond donors (Lipinski definition) is 2. The van der Waals surface area contributed by atoms with Gasteiger partial charge in [-0.2, -0.15) is 0 Å². The summed E-state index contributed by atoms with van der Waals surface area (Å²) in [7, 11) is 0. The molecule has 0 spiro atoms. The molecule has 22 heavy (non-hydrogen) atoms. The molecule has 0 fully saturated rings. The van der Waals surface area contributed by atoms with E-state index in [2.05, 4.69) is 29.1 Å². The molecule has 0 radical (unpaired) electrons. The molecular formula is C16H18ClN3O2. The van der Waals surface area contributed by atoms with Crippen LogP contribution in [0.2, 0.25) is 5.02 Å². The summed E-state index contributed by atoms with van der Waals surface area (Å²) >= 11 is 5.89. The van der Waals surface area contributed by atoms with Crippen molar-refractivity contribution < 1.29 is 9.90 Å². The molecule has 5 nitrogen and oxygen atoms in total. The van der Waals surface area contributed by atoms with Crippen molar-refractivity contribution in [1.29, 1.82) is 0 Å². The first-order chi connectivity index (χ1) is 10.5. The van der Waals surface area contributed by atoms with Crippen molar-refractivity contribution in [3.63, 3.8) is 0 Å². The number of halogens is 1. The summed E-state index contributed by atoms with van der Waals surface area (Å²) in [5, 5.41) is 12.9. The van der Waals surface area contributed by atoms with E-state index in [9.17, 15) is 4.79 Å². The Hall–Kier alpha value is -2.14. The standard InChI is InChI=1S/C16H18ClN3O2/c1-10(2)7-8-18-15-14(11-3-5-12(17)6-4-11)20-13(9-19-15)16(21)22/h3-6,9-10H,7-8H2,1-2H3,(H,18,19)(H,21,22). The van der Waals surface area contributed by atoms with Crippen molar-refractivity contribution in [3.8, 4) is 11.3 Å². The smallest absolute Gasteiger partial charge is 0.356 e. The van der Waals surface area contributed by atoms with Crippen molar-refractivity contribution >= 4 is 23.4 Å². The molecule has 116 valence electrons. The SMILES string of the molecule is CC(C)CCNc1ncc(C(=O)O)nc1-c1ccc(Cl)cc1. The predicted molar refractivity (Wildman–Crippen MR) is 87.4 cm³/mol. The lowest BCUT2D eigenvalue weighted by atomic mass is 10.1. The van der Waals surface area contributed by atoms with E-state index in [1.807, 2.05) is 0 Å². The molecule has 0 saturated carbocycles. The van der Waals surface area contributed by atoms with Gasteiger partial charge in [-0.25, -0.2) is 14.8 Å². The maximum Gasteiger partial charge on any atom is 0.356 e. The van der Waals surface area contributed by atoms with Gasteiger partial charge in [0, 0.05) is 17.1 Å². The largest absolute Gasteiger partial charge is 0.476 e. The molecule has 2 rings (SSSR count). The zero-order valence-electron chi connectivity index (χ0n) is 12.5. The molecular weight excluding hydrogens is 302 g/mol. The van der Waals surface area contributed by atoms with E-state index in [0.717, 1.165) is 18.5 Å². The molecule has 0 aliphatic heterocycles. The van der Waals surface area contributed by atoms with Gasteiger partial charge in [-0.05, 0) is 24.5 Å². The number of hydrogen-bond acceptors (Lipinski definition) is 4. The Morgan fingerprint density at radius 3 is 2.59 bits per heavy atom. The maximum absolute atomic E-state index is 11.1. The van der Waals surface area contributed by atoms with Crippen LogP contribution in [-0.4, -0.2) is 27.6 Å². The van der Waals surface area contributed by atoms with E-state index in [-0.39, 0.29) is 5.69 Å². The van der Waals surface area contributed by atoms with Gasteiger partial charge in [0.05, 0.1) is 6.20 Å². The fourth-order valence-electron chi connectivity index (χ4n) is 1.91. The summed E-state index contributed by atoms with van der Waals surface area (Å²) in [6.07, 6.45) is 2.25. The average Bonchev–Trinajstić information content (AvgIpc) is 2.48. The molecule has 0 unspecified atom stereocenters. The van der Waals surface area contributed by atoms with E-state index in [1.165, 1.54) is 6.20 Å². The minimum absolute atomic E-state index is 0.0839. The van der Waals surface area contributed by atoms with Crippen LogP contribution in [0.1, 0.15) is 30.8 Å². The Labute approximate surface area is 134 Å². The Bertz CT molecular complexity index is 657. The van der Waals surface area contributed by atoms with Gasteiger partial charge in [0.25, 0.3) is 0 Å². The predicted octanol–water partition coefficient (Wildman–Crippen LogP) is 3.95. The van der Waals surface area contributed by atoms with Crippen LogP contribution < -0.4 is 5.32 Å². The monoisotopic (exact) mass is 319 g/mol. The van der Waals surface area contributed by atoms with Gasteiger partial charge >= 0.3 is 5.97 Å². The van der Waals surface area contributed by atoms with Crippen LogP contribution in [0.3, 0.4) is 0 Å². The first-order valence-corrected chi connectivity index (χ1v) is 7.45. The molecule has 0 bridgehead atoms. The summed E-state index contributed by atoms with van der Waals surface area (Å²) in [4.78, 5) is 19.5. The number of carbonyl (C=O) groups is 1. The molecule has 1 heterocycles. The van der Waals surface area contributed by atoms with E-state index in [4.69, 9.17) is 16.7 Å². The summed E-state index contributed by atoms with van der Waals surface area (Å²) in [6, 6.07) is 7.07. The van der Waals surface area contributed by atoms with Gasteiger partial charge in [-0.3, -0.25) is 0 Å². The lowest BCUT2D eigenvalue weighted by Crippen LogP contribution is -2.10. The third kappa shape index (κ3) is 4.18. The van der Waals surface area contributed by atoms with E-state index in [1.54, 1.807) is 24.3 Å². The highest BCUT2D eigenvalue weighted by atomic mass is 35.5. The van der Waals surface area contributed by atoms with Crippen LogP contribution >= 0.6 is 11.6 Å². The quantitative estimate of drug-likeness (QED) is 0.843. The number of anilines is 1. The number of carboxylic acids is 1. The van der Waals surface area contributed by atoms with Gasteiger partial charge in [-0.15, -0.1) is 0 Å². The van der Waals surface area contributed by atoms with E-state index < -0.39 is 5.97 Å². The lowest BCUT2D eigenvalue weighted by Gasteiger charge is -2.12. The number of nitrogens with zero attached hydrogens (tertiary/aromatic N) is 2. The second kappa shape index (κ2) is 7.22. The fraction of sp³-hybridized carbons (Fsp3) is 0.312. The van der Waals surface area contributed by atoms with Crippen LogP contribution in [0.5, 0.6) is 0 Å². The molecule has 0 amide bonds. The minimum atomic E-state index is -1.10. The number of aromatic nitrogens is 2. The van der Waals surface area contributed by atoms with Gasteiger partial charge in [0.15, 0.2) is 11.5 Å². The van der Waals surface area contributed by atoms with Crippen molar-refractivity contribution in [3.05, 3.63) is 41.2 Å². The van der Waals surface area contributed by atoms with Crippen LogP contribution in [0.25, 0.3) is 11.3 Å². The zero-order chi connectivity index (χ0) is 16.1. The molecule has 2 aromatic rings. The van der Waals surface area contributed by atoms with Gasteiger partial charge in [0.2, 0.25) is 0 Å². The maximum atomic E-state index is 11.1. The van der Waals surface area contributed by atoms with Crippen LogP contribution in [0, 0.1) is 5.92 Å². The minimum Gasteiger partial charge on any atom is -0.476 e. The first kappa shape index (κ1) is 16.2. The number of benzene rings is 1. The number of nitrogens with one attached hydrogen (secondary N) is 1. The van der Waals surface area contributed by atoms with E-state index >= 15 is 0 Å². The Kier molecular flexibility index (Phi) is 5.33. The summed E-state index contributed by atoms with van der Waals surface area (Å²) in [6.45, 7) is 5.03. The van der Waals surface area contributed by atoms with Crippen LogP contribution in [0.4, 0.5) is 5.82 Å².